The maximum absolute atomic E-state index is 2.48. The molecule has 0 bridgehead atoms. The molecule has 90 valence electrons. The van der Waals surface area contributed by atoms with E-state index in [1.807, 2.05) is 0 Å². The zero-order chi connectivity index (χ0) is 11.3. The quantitative estimate of drug-likeness (QED) is 0.429. The predicted octanol–water partition coefficient (Wildman–Crippen LogP) is 5.42. The van der Waals surface area contributed by atoms with Gasteiger partial charge in [0.15, 0.2) is 0 Å². The fourth-order valence-corrected chi connectivity index (χ4v) is 3.19. The summed E-state index contributed by atoms with van der Waals surface area (Å²) in [4.78, 5) is 0. The van der Waals surface area contributed by atoms with Gasteiger partial charge in [0.25, 0.3) is 0 Å². The summed E-state index contributed by atoms with van der Waals surface area (Å²) in [5.74, 6) is 1.98. The maximum Gasteiger partial charge on any atom is -0.0351 e. The first-order chi connectivity index (χ1) is 7.05. The van der Waals surface area contributed by atoms with Gasteiger partial charge in [-0.25, -0.2) is 0 Å². The first-order valence-corrected chi connectivity index (χ1v) is 7.05. The van der Waals surface area contributed by atoms with Crippen LogP contribution in [0.1, 0.15) is 79.1 Å². The van der Waals surface area contributed by atoms with E-state index in [1.54, 1.807) is 0 Å². The molecule has 0 spiro atoms. The second-order valence-corrected chi connectivity index (χ2v) is 6.49. The van der Waals surface area contributed by atoms with E-state index in [0.717, 1.165) is 11.8 Å². The van der Waals surface area contributed by atoms with Crippen molar-refractivity contribution < 1.29 is 0 Å². The second kappa shape index (κ2) is 5.92. The molecule has 0 N–H and O–H groups in total. The Kier molecular flexibility index (Phi) is 5.15. The van der Waals surface area contributed by atoms with Gasteiger partial charge in [0.1, 0.15) is 0 Å². The maximum atomic E-state index is 2.48. The van der Waals surface area contributed by atoms with Crippen molar-refractivity contribution >= 4 is 0 Å². The average molecular weight is 210 g/mol. The Morgan fingerprint density at radius 1 is 1.20 bits per heavy atom. The standard InChI is InChI=1S/C15H30/c1-5-6-7-10-14-12-15(3,4)11-8-9-13(14)2/h13-14H,5-12H2,1-4H3. The summed E-state index contributed by atoms with van der Waals surface area (Å²) in [7, 11) is 0. The van der Waals surface area contributed by atoms with Crippen LogP contribution < -0.4 is 0 Å². The van der Waals surface area contributed by atoms with E-state index < -0.39 is 0 Å². The second-order valence-electron chi connectivity index (χ2n) is 6.49. The predicted molar refractivity (Wildman–Crippen MR) is 69.0 cm³/mol. The minimum atomic E-state index is 0.613. The summed E-state index contributed by atoms with van der Waals surface area (Å²) in [5.41, 5.74) is 0.613. The topological polar surface area (TPSA) is 0 Å². The Labute approximate surface area is 96.8 Å². The summed E-state index contributed by atoms with van der Waals surface area (Å²) in [6.45, 7) is 9.73. The lowest BCUT2D eigenvalue weighted by Crippen LogP contribution is -2.18. The van der Waals surface area contributed by atoms with Gasteiger partial charge in [0.2, 0.25) is 0 Å². The molecule has 0 nitrogen and oxygen atoms in total. The van der Waals surface area contributed by atoms with E-state index >= 15 is 0 Å². The Hall–Kier alpha value is 0. The highest BCUT2D eigenvalue weighted by atomic mass is 14.3. The molecule has 1 aliphatic carbocycles. The Morgan fingerprint density at radius 2 is 1.93 bits per heavy atom. The van der Waals surface area contributed by atoms with Crippen LogP contribution in [0.4, 0.5) is 0 Å². The van der Waals surface area contributed by atoms with Crippen molar-refractivity contribution in [2.24, 2.45) is 17.3 Å². The summed E-state index contributed by atoms with van der Waals surface area (Å²) in [6.07, 6.45) is 11.6. The van der Waals surface area contributed by atoms with Crippen LogP contribution in [0, 0.1) is 17.3 Å². The Balaban J connectivity index is 2.43. The highest BCUT2D eigenvalue weighted by Gasteiger charge is 2.29. The minimum Gasteiger partial charge on any atom is -0.0654 e. The van der Waals surface area contributed by atoms with E-state index in [2.05, 4.69) is 27.7 Å². The highest BCUT2D eigenvalue weighted by Crippen LogP contribution is 2.41. The zero-order valence-electron chi connectivity index (χ0n) is 11.3. The Morgan fingerprint density at radius 3 is 2.60 bits per heavy atom. The molecule has 0 heteroatoms. The van der Waals surface area contributed by atoms with Gasteiger partial charge in [-0.05, 0) is 30.1 Å². The molecule has 0 saturated heterocycles. The van der Waals surface area contributed by atoms with E-state index in [1.165, 1.54) is 51.4 Å². The van der Waals surface area contributed by atoms with E-state index in [0.29, 0.717) is 5.41 Å². The SMILES string of the molecule is CCCCCC1CC(C)(C)CCCC1C. The van der Waals surface area contributed by atoms with Crippen LogP contribution in [0.15, 0.2) is 0 Å². The first-order valence-electron chi connectivity index (χ1n) is 7.05. The molecule has 1 rings (SSSR count). The lowest BCUT2D eigenvalue weighted by atomic mass is 9.77. The fourth-order valence-electron chi connectivity index (χ4n) is 3.19. The van der Waals surface area contributed by atoms with E-state index in [4.69, 9.17) is 0 Å². The van der Waals surface area contributed by atoms with Gasteiger partial charge < -0.3 is 0 Å². The van der Waals surface area contributed by atoms with Crippen LogP contribution in [0.3, 0.4) is 0 Å². The van der Waals surface area contributed by atoms with Gasteiger partial charge in [-0.1, -0.05) is 66.2 Å². The third-order valence-electron chi connectivity index (χ3n) is 4.31. The molecule has 2 unspecified atom stereocenters. The van der Waals surface area contributed by atoms with Crippen LogP contribution in [0.2, 0.25) is 0 Å². The van der Waals surface area contributed by atoms with E-state index in [-0.39, 0.29) is 0 Å². The van der Waals surface area contributed by atoms with Crippen LogP contribution in [-0.4, -0.2) is 0 Å². The summed E-state index contributed by atoms with van der Waals surface area (Å²) in [6, 6.07) is 0. The molecular weight excluding hydrogens is 180 g/mol. The van der Waals surface area contributed by atoms with Crippen LogP contribution in [-0.2, 0) is 0 Å². The van der Waals surface area contributed by atoms with Gasteiger partial charge in [-0.15, -0.1) is 0 Å². The lowest BCUT2D eigenvalue weighted by Gasteiger charge is -2.29. The fraction of sp³-hybridized carbons (Fsp3) is 1.00. The minimum absolute atomic E-state index is 0.613. The normalized spacial score (nSPS) is 31.2. The monoisotopic (exact) mass is 210 g/mol. The van der Waals surface area contributed by atoms with Gasteiger partial charge in [-0.2, -0.15) is 0 Å². The van der Waals surface area contributed by atoms with Crippen molar-refractivity contribution in [2.75, 3.05) is 0 Å². The number of rotatable bonds is 4. The van der Waals surface area contributed by atoms with Crippen molar-refractivity contribution in [3.8, 4) is 0 Å². The molecule has 1 saturated carbocycles. The van der Waals surface area contributed by atoms with Gasteiger partial charge in [-0.3, -0.25) is 0 Å². The molecule has 0 aromatic heterocycles. The smallest absolute Gasteiger partial charge is 0.0351 e. The molecule has 2 atom stereocenters. The summed E-state index contributed by atoms with van der Waals surface area (Å²) in [5, 5.41) is 0. The van der Waals surface area contributed by atoms with Crippen molar-refractivity contribution in [2.45, 2.75) is 79.1 Å². The first kappa shape index (κ1) is 13.1. The van der Waals surface area contributed by atoms with Crippen molar-refractivity contribution in [3.63, 3.8) is 0 Å². The lowest BCUT2D eigenvalue weighted by molar-refractivity contribution is 0.224. The van der Waals surface area contributed by atoms with Crippen molar-refractivity contribution in [1.82, 2.24) is 0 Å². The van der Waals surface area contributed by atoms with Gasteiger partial charge in [0.05, 0.1) is 0 Å². The van der Waals surface area contributed by atoms with Gasteiger partial charge in [0, 0.05) is 0 Å². The molecule has 0 amide bonds. The molecule has 1 aliphatic rings. The molecule has 1 fully saturated rings. The van der Waals surface area contributed by atoms with Crippen LogP contribution in [0.25, 0.3) is 0 Å². The molecular formula is C15H30. The van der Waals surface area contributed by atoms with Crippen LogP contribution in [0.5, 0.6) is 0 Å². The number of hydrogen-bond donors (Lipinski definition) is 0. The molecule has 0 heterocycles. The largest absolute Gasteiger partial charge is 0.0654 e. The van der Waals surface area contributed by atoms with E-state index in [9.17, 15) is 0 Å². The third kappa shape index (κ3) is 4.57. The molecule has 0 aromatic carbocycles. The molecule has 15 heavy (non-hydrogen) atoms. The molecule has 0 aliphatic heterocycles. The summed E-state index contributed by atoms with van der Waals surface area (Å²) < 4.78 is 0. The average Bonchev–Trinajstić information content (AvgIpc) is 2.27. The van der Waals surface area contributed by atoms with Crippen LogP contribution >= 0.6 is 0 Å². The summed E-state index contributed by atoms with van der Waals surface area (Å²) >= 11 is 0. The zero-order valence-corrected chi connectivity index (χ0v) is 11.3. The highest BCUT2D eigenvalue weighted by molar-refractivity contribution is 4.80. The third-order valence-corrected chi connectivity index (χ3v) is 4.31. The number of unbranched alkanes of at least 4 members (excludes halogenated alkanes) is 2. The van der Waals surface area contributed by atoms with Gasteiger partial charge >= 0.3 is 0 Å². The number of hydrogen-bond acceptors (Lipinski definition) is 0. The van der Waals surface area contributed by atoms with Crippen molar-refractivity contribution in [1.29, 1.82) is 0 Å². The molecule has 0 aromatic rings. The van der Waals surface area contributed by atoms with Crippen molar-refractivity contribution in [3.05, 3.63) is 0 Å². The molecule has 0 radical (unpaired) electrons. The Bertz CT molecular complexity index is 169.